The number of amides is 3. The molecule has 1 saturated carbocycles. The fourth-order valence-electron chi connectivity index (χ4n) is 5.01. The van der Waals surface area contributed by atoms with Gasteiger partial charge in [0.05, 0.1) is 5.56 Å². The van der Waals surface area contributed by atoms with E-state index in [0.717, 1.165) is 37.6 Å². The predicted molar refractivity (Wildman–Crippen MR) is 128 cm³/mol. The van der Waals surface area contributed by atoms with Crippen molar-refractivity contribution < 1.29 is 14.4 Å². The molecule has 0 bridgehead atoms. The zero-order chi connectivity index (χ0) is 23.4. The minimum atomic E-state index is -0.453. The van der Waals surface area contributed by atoms with Crippen LogP contribution >= 0.6 is 0 Å². The van der Waals surface area contributed by atoms with Gasteiger partial charge in [0, 0.05) is 50.0 Å². The second-order valence-corrected chi connectivity index (χ2v) is 9.57. The van der Waals surface area contributed by atoms with Crippen LogP contribution in [0.4, 0.5) is 0 Å². The Kier molecular flexibility index (Phi) is 7.36. The molecule has 1 N–H and O–H groups in total. The summed E-state index contributed by atoms with van der Waals surface area (Å²) in [5, 5.41) is 3.10. The molecule has 0 aromatic carbocycles. The van der Waals surface area contributed by atoms with Crippen LogP contribution in [-0.4, -0.2) is 64.1 Å². The number of carbonyl (C=O) groups excluding carboxylic acids is 3. The molecule has 1 aliphatic carbocycles. The molecule has 0 radical (unpaired) electrons. The third-order valence-corrected chi connectivity index (χ3v) is 7.37. The lowest BCUT2D eigenvalue weighted by atomic mass is 9.83. The van der Waals surface area contributed by atoms with Gasteiger partial charge in [0.25, 0.3) is 5.91 Å². The molecule has 0 spiro atoms. The highest BCUT2D eigenvalue weighted by atomic mass is 16.2. The summed E-state index contributed by atoms with van der Waals surface area (Å²) in [6, 6.07) is 7.33. The van der Waals surface area contributed by atoms with Gasteiger partial charge in [-0.2, -0.15) is 0 Å². The summed E-state index contributed by atoms with van der Waals surface area (Å²) in [5.74, 6) is 0.0833. The lowest BCUT2D eigenvalue weighted by molar-refractivity contribution is -0.140. The molecule has 0 unspecified atom stereocenters. The van der Waals surface area contributed by atoms with Gasteiger partial charge in [-0.1, -0.05) is 39.2 Å². The molecule has 2 fully saturated rings. The molecule has 2 aliphatic rings. The molecule has 4 rings (SSSR count). The van der Waals surface area contributed by atoms with Crippen LogP contribution in [0, 0.1) is 11.8 Å². The predicted octanol–water partition coefficient (Wildman–Crippen LogP) is 3.33. The van der Waals surface area contributed by atoms with E-state index < -0.39 is 6.04 Å². The Hall–Kier alpha value is -2.83. The molecule has 2 aromatic heterocycles. The zero-order valence-electron chi connectivity index (χ0n) is 19.8. The van der Waals surface area contributed by atoms with Crippen molar-refractivity contribution in [1.82, 2.24) is 19.5 Å². The quantitative estimate of drug-likeness (QED) is 0.731. The Morgan fingerprint density at radius 3 is 2.39 bits per heavy atom. The Labute approximate surface area is 196 Å². The molecular weight excluding hydrogens is 416 g/mol. The Morgan fingerprint density at radius 2 is 1.73 bits per heavy atom. The van der Waals surface area contributed by atoms with Gasteiger partial charge < -0.3 is 19.5 Å². The first-order valence-electron chi connectivity index (χ1n) is 12.4. The van der Waals surface area contributed by atoms with Gasteiger partial charge in [-0.15, -0.1) is 0 Å². The number of nitrogens with zero attached hydrogens (tertiary/aromatic N) is 3. The molecule has 7 nitrogen and oxygen atoms in total. The van der Waals surface area contributed by atoms with Crippen molar-refractivity contribution in [1.29, 1.82) is 0 Å². The molecule has 3 heterocycles. The van der Waals surface area contributed by atoms with Gasteiger partial charge >= 0.3 is 0 Å². The highest BCUT2D eigenvalue weighted by molar-refractivity contribution is 5.96. The first kappa shape index (κ1) is 23.3. The van der Waals surface area contributed by atoms with Crippen molar-refractivity contribution in [3.8, 4) is 0 Å². The fourth-order valence-corrected chi connectivity index (χ4v) is 5.01. The van der Waals surface area contributed by atoms with Gasteiger partial charge in [0.15, 0.2) is 0 Å². The van der Waals surface area contributed by atoms with E-state index in [4.69, 9.17) is 0 Å². The maximum atomic E-state index is 13.5. The van der Waals surface area contributed by atoms with E-state index in [1.807, 2.05) is 64.7 Å². The van der Waals surface area contributed by atoms with Crippen molar-refractivity contribution in [2.75, 3.05) is 26.2 Å². The molecule has 1 saturated heterocycles. The third kappa shape index (κ3) is 5.23. The smallest absolute Gasteiger partial charge is 0.255 e. The summed E-state index contributed by atoms with van der Waals surface area (Å²) >= 11 is 0. The topological polar surface area (TPSA) is 74.1 Å². The molecule has 7 heteroatoms. The van der Waals surface area contributed by atoms with E-state index in [1.165, 1.54) is 6.42 Å². The molecule has 3 amide bonds. The van der Waals surface area contributed by atoms with E-state index in [-0.39, 0.29) is 29.6 Å². The highest BCUT2D eigenvalue weighted by Gasteiger charge is 2.36. The second-order valence-electron chi connectivity index (χ2n) is 9.57. The van der Waals surface area contributed by atoms with E-state index in [1.54, 1.807) is 0 Å². The second kappa shape index (κ2) is 10.4. The SMILES string of the molecule is CC[C@@H](C)C(=O)N[C@H](C(=O)N1CCN(C(=O)c2cc3ccccn3c2)CC1)C1CCCCC1. The van der Waals surface area contributed by atoms with Crippen LogP contribution in [0.3, 0.4) is 0 Å². The summed E-state index contributed by atoms with van der Waals surface area (Å²) < 4.78 is 1.95. The van der Waals surface area contributed by atoms with Crippen LogP contribution in [-0.2, 0) is 9.59 Å². The molecule has 33 heavy (non-hydrogen) atoms. The number of carbonyl (C=O) groups is 3. The van der Waals surface area contributed by atoms with Crippen LogP contribution < -0.4 is 5.32 Å². The van der Waals surface area contributed by atoms with Gasteiger partial charge in [-0.05, 0) is 43.4 Å². The number of hydrogen-bond donors (Lipinski definition) is 1. The average molecular weight is 453 g/mol. The van der Waals surface area contributed by atoms with E-state index in [9.17, 15) is 14.4 Å². The summed E-state index contributed by atoms with van der Waals surface area (Å²) in [5.41, 5.74) is 1.66. The Balaban J connectivity index is 1.40. The lowest BCUT2D eigenvalue weighted by Crippen LogP contribution is -2.58. The van der Waals surface area contributed by atoms with Crippen molar-refractivity contribution >= 4 is 23.2 Å². The monoisotopic (exact) mass is 452 g/mol. The maximum absolute atomic E-state index is 13.5. The number of rotatable bonds is 6. The maximum Gasteiger partial charge on any atom is 0.255 e. The van der Waals surface area contributed by atoms with Crippen LogP contribution in [0.2, 0.25) is 0 Å². The average Bonchev–Trinajstić information content (AvgIpc) is 3.31. The van der Waals surface area contributed by atoms with Crippen LogP contribution in [0.1, 0.15) is 62.7 Å². The highest BCUT2D eigenvalue weighted by Crippen LogP contribution is 2.28. The normalized spacial score (nSPS) is 19.3. The minimum absolute atomic E-state index is 0.000275. The van der Waals surface area contributed by atoms with Crippen LogP contribution in [0.5, 0.6) is 0 Å². The number of hydrogen-bond acceptors (Lipinski definition) is 3. The largest absolute Gasteiger partial charge is 0.344 e. The number of aromatic nitrogens is 1. The first-order valence-corrected chi connectivity index (χ1v) is 12.4. The molecule has 2 atom stereocenters. The molecular formula is C26H36N4O3. The number of pyridine rings is 1. The Bertz CT molecular complexity index is 953. The fraction of sp³-hybridized carbons (Fsp3) is 0.577. The summed E-state index contributed by atoms with van der Waals surface area (Å²) in [4.78, 5) is 42.9. The number of piperazine rings is 1. The number of nitrogens with one attached hydrogen (secondary N) is 1. The minimum Gasteiger partial charge on any atom is -0.344 e. The number of fused-ring (bicyclic) bond motifs is 1. The van der Waals surface area contributed by atoms with E-state index in [2.05, 4.69) is 5.32 Å². The van der Waals surface area contributed by atoms with E-state index >= 15 is 0 Å². The molecule has 178 valence electrons. The lowest BCUT2D eigenvalue weighted by Gasteiger charge is -2.39. The van der Waals surface area contributed by atoms with Crippen molar-refractivity contribution in [2.24, 2.45) is 11.8 Å². The van der Waals surface area contributed by atoms with Crippen molar-refractivity contribution in [3.63, 3.8) is 0 Å². The third-order valence-electron chi connectivity index (χ3n) is 7.37. The zero-order valence-corrected chi connectivity index (χ0v) is 19.8. The summed E-state index contributed by atoms with van der Waals surface area (Å²) in [6.07, 6.45) is 9.94. The van der Waals surface area contributed by atoms with Crippen molar-refractivity contribution in [3.05, 3.63) is 42.2 Å². The standard InChI is InChI=1S/C26H36N4O3/c1-3-19(2)24(31)27-23(20-9-5-4-6-10-20)26(33)29-15-13-28(14-16-29)25(32)21-17-22-11-7-8-12-30(22)18-21/h7-8,11-12,17-20,23H,3-6,9-10,13-16H2,1-2H3,(H,27,31)/t19-,23+/m1/s1. The Morgan fingerprint density at radius 1 is 1.03 bits per heavy atom. The van der Waals surface area contributed by atoms with Gasteiger partial charge in [-0.3, -0.25) is 14.4 Å². The van der Waals surface area contributed by atoms with Gasteiger partial charge in [-0.25, -0.2) is 0 Å². The molecule has 2 aromatic rings. The summed E-state index contributed by atoms with van der Waals surface area (Å²) in [7, 11) is 0. The summed E-state index contributed by atoms with van der Waals surface area (Å²) in [6.45, 7) is 5.92. The first-order chi connectivity index (χ1) is 16.0. The van der Waals surface area contributed by atoms with Gasteiger partial charge in [0.2, 0.25) is 11.8 Å². The molecule has 1 aliphatic heterocycles. The van der Waals surface area contributed by atoms with Gasteiger partial charge in [0.1, 0.15) is 6.04 Å². The van der Waals surface area contributed by atoms with Crippen LogP contribution in [0.25, 0.3) is 5.52 Å². The van der Waals surface area contributed by atoms with Crippen LogP contribution in [0.15, 0.2) is 36.7 Å². The van der Waals surface area contributed by atoms with Crippen molar-refractivity contribution in [2.45, 2.75) is 58.4 Å². The van der Waals surface area contributed by atoms with E-state index in [0.29, 0.717) is 31.7 Å².